The quantitative estimate of drug-likeness (QED) is 0.841. The van der Waals surface area contributed by atoms with Gasteiger partial charge < -0.3 is 10.4 Å². The predicted octanol–water partition coefficient (Wildman–Crippen LogP) is 2.88. The summed E-state index contributed by atoms with van der Waals surface area (Å²) in [5.41, 5.74) is -0.379. The molecule has 1 aliphatic carbocycles. The van der Waals surface area contributed by atoms with E-state index in [2.05, 4.69) is 31.1 Å². The fourth-order valence-electron chi connectivity index (χ4n) is 2.55. The van der Waals surface area contributed by atoms with E-state index in [4.69, 9.17) is 0 Å². The van der Waals surface area contributed by atoms with Crippen molar-refractivity contribution in [1.29, 1.82) is 0 Å². The summed E-state index contributed by atoms with van der Waals surface area (Å²) in [5.74, 6) is -0.142. The second kappa shape index (κ2) is 6.28. The minimum absolute atomic E-state index is 0.0152. The Morgan fingerprint density at radius 2 is 2.14 bits per heavy atom. The number of thiazole rings is 1. The third-order valence-electron chi connectivity index (χ3n) is 3.82. The van der Waals surface area contributed by atoms with E-state index < -0.39 is 5.54 Å². The van der Waals surface area contributed by atoms with E-state index in [1.807, 2.05) is 0 Å². The van der Waals surface area contributed by atoms with E-state index >= 15 is 0 Å². The van der Waals surface area contributed by atoms with Crippen LogP contribution < -0.4 is 5.32 Å². The number of amides is 1. The molecule has 0 unspecified atom stereocenters. The first-order chi connectivity index (χ1) is 9.85. The van der Waals surface area contributed by atoms with Gasteiger partial charge in [0.15, 0.2) is 0 Å². The van der Waals surface area contributed by atoms with Gasteiger partial charge in [0, 0.05) is 22.6 Å². The van der Waals surface area contributed by atoms with Gasteiger partial charge in [0.25, 0.3) is 0 Å². The average Bonchev–Trinajstić information content (AvgIpc) is 3.05. The van der Waals surface area contributed by atoms with Crippen LogP contribution in [0.5, 0.6) is 0 Å². The zero-order chi connectivity index (χ0) is 15.5. The molecule has 0 radical (unpaired) electrons. The van der Waals surface area contributed by atoms with Crippen molar-refractivity contribution in [3.63, 3.8) is 0 Å². The van der Waals surface area contributed by atoms with Crippen molar-refractivity contribution in [2.75, 3.05) is 6.61 Å². The highest BCUT2D eigenvalue weighted by Gasteiger charge is 2.33. The molecule has 0 spiro atoms. The lowest BCUT2D eigenvalue weighted by molar-refractivity contribution is -0.118. The van der Waals surface area contributed by atoms with Gasteiger partial charge in [0.1, 0.15) is 0 Å². The SMILES string of the molecule is CC(C)(C)c1ncc(/C=C/C(=O)NC2(CO)CCCC2)s1. The van der Waals surface area contributed by atoms with Crippen LogP contribution in [0.4, 0.5) is 0 Å². The van der Waals surface area contributed by atoms with E-state index in [1.54, 1.807) is 23.6 Å². The number of nitrogens with zero attached hydrogens (tertiary/aromatic N) is 1. The molecule has 0 atom stereocenters. The van der Waals surface area contributed by atoms with Gasteiger partial charge in [0.05, 0.1) is 17.2 Å². The molecule has 1 saturated carbocycles. The van der Waals surface area contributed by atoms with Gasteiger partial charge in [-0.05, 0) is 18.9 Å². The van der Waals surface area contributed by atoms with Gasteiger partial charge in [-0.25, -0.2) is 4.98 Å². The Morgan fingerprint density at radius 1 is 1.48 bits per heavy atom. The molecule has 2 rings (SSSR count). The number of aliphatic hydroxyl groups is 1. The van der Waals surface area contributed by atoms with Gasteiger partial charge in [-0.1, -0.05) is 33.6 Å². The Morgan fingerprint density at radius 3 is 2.67 bits per heavy atom. The summed E-state index contributed by atoms with van der Waals surface area (Å²) >= 11 is 1.60. The van der Waals surface area contributed by atoms with Crippen LogP contribution >= 0.6 is 11.3 Å². The third kappa shape index (κ3) is 4.14. The monoisotopic (exact) mass is 308 g/mol. The lowest BCUT2D eigenvalue weighted by Gasteiger charge is -2.27. The van der Waals surface area contributed by atoms with Crippen molar-refractivity contribution in [1.82, 2.24) is 10.3 Å². The minimum Gasteiger partial charge on any atom is -0.394 e. The summed E-state index contributed by atoms with van der Waals surface area (Å²) < 4.78 is 0. The summed E-state index contributed by atoms with van der Waals surface area (Å²) in [6, 6.07) is 0. The van der Waals surface area contributed by atoms with Crippen molar-refractivity contribution in [2.24, 2.45) is 0 Å². The molecule has 1 aliphatic rings. The maximum Gasteiger partial charge on any atom is 0.244 e. The van der Waals surface area contributed by atoms with Gasteiger partial charge in [-0.15, -0.1) is 11.3 Å². The number of hydrogen-bond acceptors (Lipinski definition) is 4. The lowest BCUT2D eigenvalue weighted by atomic mass is 9.98. The van der Waals surface area contributed by atoms with Crippen molar-refractivity contribution in [3.05, 3.63) is 22.2 Å². The Hall–Kier alpha value is -1.20. The van der Waals surface area contributed by atoms with Crippen molar-refractivity contribution in [2.45, 2.75) is 57.4 Å². The molecule has 1 fully saturated rings. The van der Waals surface area contributed by atoms with Crippen molar-refractivity contribution < 1.29 is 9.90 Å². The van der Waals surface area contributed by atoms with Crippen molar-refractivity contribution >= 4 is 23.3 Å². The van der Waals surface area contributed by atoms with Crippen LogP contribution in [-0.4, -0.2) is 28.1 Å². The zero-order valence-electron chi connectivity index (χ0n) is 13.0. The minimum atomic E-state index is -0.411. The van der Waals surface area contributed by atoms with Crippen LogP contribution in [0.3, 0.4) is 0 Å². The van der Waals surface area contributed by atoms with Gasteiger partial charge >= 0.3 is 0 Å². The highest BCUT2D eigenvalue weighted by Crippen LogP contribution is 2.29. The molecule has 2 N–H and O–H groups in total. The first-order valence-corrected chi connectivity index (χ1v) is 8.24. The maximum absolute atomic E-state index is 12.0. The Bertz CT molecular complexity index is 523. The highest BCUT2D eigenvalue weighted by atomic mass is 32.1. The van der Waals surface area contributed by atoms with Gasteiger partial charge in [0.2, 0.25) is 5.91 Å². The Kier molecular flexibility index (Phi) is 4.84. The normalized spacial score (nSPS) is 18.3. The number of rotatable bonds is 4. The van der Waals surface area contributed by atoms with Crippen LogP contribution in [0.15, 0.2) is 12.3 Å². The van der Waals surface area contributed by atoms with Gasteiger partial charge in [-0.3, -0.25) is 4.79 Å². The molecule has 0 aromatic carbocycles. The number of aliphatic hydroxyl groups excluding tert-OH is 1. The van der Waals surface area contributed by atoms with E-state index in [9.17, 15) is 9.90 Å². The smallest absolute Gasteiger partial charge is 0.244 e. The Balaban J connectivity index is 1.97. The molecule has 5 heteroatoms. The molecule has 4 nitrogen and oxygen atoms in total. The van der Waals surface area contributed by atoms with Crippen LogP contribution in [0.25, 0.3) is 6.08 Å². The molecule has 0 saturated heterocycles. The van der Waals surface area contributed by atoms with E-state index in [1.165, 1.54) is 6.08 Å². The molecule has 0 bridgehead atoms. The topological polar surface area (TPSA) is 62.2 Å². The highest BCUT2D eigenvalue weighted by molar-refractivity contribution is 7.12. The molecule has 1 aromatic heterocycles. The fourth-order valence-corrected chi connectivity index (χ4v) is 3.42. The van der Waals surface area contributed by atoms with Crippen LogP contribution in [0.2, 0.25) is 0 Å². The average molecular weight is 308 g/mol. The largest absolute Gasteiger partial charge is 0.394 e. The van der Waals surface area contributed by atoms with Crippen LogP contribution in [0, 0.1) is 0 Å². The zero-order valence-corrected chi connectivity index (χ0v) is 13.8. The first-order valence-electron chi connectivity index (χ1n) is 7.42. The molecular weight excluding hydrogens is 284 g/mol. The molecule has 1 aromatic rings. The number of aromatic nitrogens is 1. The summed E-state index contributed by atoms with van der Waals surface area (Å²) in [7, 11) is 0. The Labute approximate surface area is 130 Å². The van der Waals surface area contributed by atoms with Gasteiger partial charge in [-0.2, -0.15) is 0 Å². The molecule has 21 heavy (non-hydrogen) atoms. The van der Waals surface area contributed by atoms with E-state index in [-0.39, 0.29) is 17.9 Å². The summed E-state index contributed by atoms with van der Waals surface area (Å²) in [6.07, 6.45) is 8.97. The maximum atomic E-state index is 12.0. The summed E-state index contributed by atoms with van der Waals surface area (Å²) in [4.78, 5) is 17.4. The lowest BCUT2D eigenvalue weighted by Crippen LogP contribution is -2.48. The van der Waals surface area contributed by atoms with E-state index in [0.717, 1.165) is 35.6 Å². The van der Waals surface area contributed by atoms with Crippen LogP contribution in [0.1, 0.15) is 56.3 Å². The summed E-state index contributed by atoms with van der Waals surface area (Å²) in [5, 5.41) is 13.5. The fraction of sp³-hybridized carbons (Fsp3) is 0.625. The van der Waals surface area contributed by atoms with E-state index in [0.29, 0.717) is 0 Å². The number of hydrogen-bond donors (Lipinski definition) is 2. The second-order valence-electron chi connectivity index (χ2n) is 6.79. The molecular formula is C16H24N2O2S. The number of carbonyl (C=O) groups excluding carboxylic acids is 1. The molecule has 1 amide bonds. The predicted molar refractivity (Wildman–Crippen MR) is 86.3 cm³/mol. The number of nitrogens with one attached hydrogen (secondary N) is 1. The standard InChI is InChI=1S/C16H24N2O2S/c1-15(2,3)14-17-10-12(21-14)6-7-13(20)18-16(11-19)8-4-5-9-16/h6-7,10,19H,4-5,8-9,11H2,1-3H3,(H,18,20)/b7-6+. The third-order valence-corrected chi connectivity index (χ3v) is 5.20. The molecule has 116 valence electrons. The number of carbonyl (C=O) groups is 1. The van der Waals surface area contributed by atoms with Crippen molar-refractivity contribution in [3.8, 4) is 0 Å². The second-order valence-corrected chi connectivity index (χ2v) is 7.85. The molecule has 0 aliphatic heterocycles. The summed E-state index contributed by atoms with van der Waals surface area (Å²) in [6.45, 7) is 6.38. The first kappa shape index (κ1) is 16.2. The molecule has 1 heterocycles. The van der Waals surface area contributed by atoms with Crippen LogP contribution in [-0.2, 0) is 10.2 Å².